The van der Waals surface area contributed by atoms with Gasteiger partial charge in [-0.2, -0.15) is 11.8 Å². The normalized spacial score (nSPS) is 11.3. The maximum absolute atomic E-state index is 12.3. The lowest BCUT2D eigenvalue weighted by Gasteiger charge is -2.22. The van der Waals surface area contributed by atoms with Crippen LogP contribution in [-0.2, 0) is 27.0 Å². The first-order valence-corrected chi connectivity index (χ1v) is 12.8. The Labute approximate surface area is 178 Å². The molecule has 2 aromatic carbocycles. The molecule has 0 aromatic heterocycles. The lowest BCUT2D eigenvalue weighted by molar-refractivity contribution is -0.119. The molecule has 0 saturated heterocycles. The van der Waals surface area contributed by atoms with Gasteiger partial charge in [-0.25, -0.2) is 8.42 Å². The maximum atomic E-state index is 12.3. The van der Waals surface area contributed by atoms with Crippen molar-refractivity contribution in [1.82, 2.24) is 5.32 Å². The standard InChI is InChI=1S/C22H30N2O3S2/c1-4-19-10-12-21(13-11-19)24(29(3,26)27)16-22(25)23-14-5-15-28-17-20-8-6-18(2)7-9-20/h6-13H,4-5,14-17H2,1-3H3,(H,23,25). The van der Waals surface area contributed by atoms with Crippen LogP contribution in [0.25, 0.3) is 0 Å². The van der Waals surface area contributed by atoms with Gasteiger partial charge < -0.3 is 5.32 Å². The minimum Gasteiger partial charge on any atom is -0.354 e. The lowest BCUT2D eigenvalue weighted by Crippen LogP contribution is -2.40. The third kappa shape index (κ3) is 8.11. The smallest absolute Gasteiger partial charge is 0.240 e. The summed E-state index contributed by atoms with van der Waals surface area (Å²) in [5.74, 6) is 1.59. The summed E-state index contributed by atoms with van der Waals surface area (Å²) in [6, 6.07) is 15.8. The topological polar surface area (TPSA) is 66.5 Å². The molecular formula is C22H30N2O3S2. The molecule has 158 valence electrons. The molecule has 0 fully saturated rings. The molecule has 1 amide bonds. The molecule has 1 N–H and O–H groups in total. The first kappa shape index (κ1) is 23.3. The third-order valence-electron chi connectivity index (χ3n) is 4.50. The minimum atomic E-state index is -3.54. The van der Waals surface area contributed by atoms with Crippen molar-refractivity contribution in [3.8, 4) is 0 Å². The molecule has 2 aromatic rings. The van der Waals surface area contributed by atoms with E-state index < -0.39 is 10.0 Å². The number of hydrogen-bond acceptors (Lipinski definition) is 4. The van der Waals surface area contributed by atoms with E-state index in [0.29, 0.717) is 12.2 Å². The van der Waals surface area contributed by atoms with E-state index in [1.165, 1.54) is 11.1 Å². The number of carbonyl (C=O) groups excluding carboxylic acids is 1. The Morgan fingerprint density at radius 1 is 1.03 bits per heavy atom. The first-order valence-electron chi connectivity index (χ1n) is 9.76. The zero-order valence-electron chi connectivity index (χ0n) is 17.3. The van der Waals surface area contributed by atoms with Gasteiger partial charge in [-0.3, -0.25) is 9.10 Å². The molecule has 7 heteroatoms. The highest BCUT2D eigenvalue weighted by Crippen LogP contribution is 2.18. The van der Waals surface area contributed by atoms with Gasteiger partial charge in [0, 0.05) is 12.3 Å². The van der Waals surface area contributed by atoms with Crippen molar-refractivity contribution in [2.45, 2.75) is 32.4 Å². The van der Waals surface area contributed by atoms with Gasteiger partial charge >= 0.3 is 0 Å². The van der Waals surface area contributed by atoms with E-state index in [9.17, 15) is 13.2 Å². The fraction of sp³-hybridized carbons (Fsp3) is 0.409. The molecule has 0 aliphatic carbocycles. The van der Waals surface area contributed by atoms with Crippen molar-refractivity contribution >= 4 is 33.4 Å². The van der Waals surface area contributed by atoms with Gasteiger partial charge in [-0.15, -0.1) is 0 Å². The summed E-state index contributed by atoms with van der Waals surface area (Å²) in [5, 5.41) is 2.83. The number of nitrogens with one attached hydrogen (secondary N) is 1. The highest BCUT2D eigenvalue weighted by Gasteiger charge is 2.20. The molecule has 0 saturated carbocycles. The van der Waals surface area contributed by atoms with Crippen molar-refractivity contribution in [3.63, 3.8) is 0 Å². The SMILES string of the molecule is CCc1ccc(N(CC(=O)NCCCSCc2ccc(C)cc2)S(C)(=O)=O)cc1. The van der Waals surface area contributed by atoms with Crippen LogP contribution in [0.5, 0.6) is 0 Å². The summed E-state index contributed by atoms with van der Waals surface area (Å²) in [7, 11) is -3.54. The summed E-state index contributed by atoms with van der Waals surface area (Å²) >= 11 is 1.82. The van der Waals surface area contributed by atoms with E-state index in [4.69, 9.17) is 0 Å². The molecule has 0 aliphatic heterocycles. The summed E-state index contributed by atoms with van der Waals surface area (Å²) in [4.78, 5) is 12.3. The number of thioether (sulfide) groups is 1. The van der Waals surface area contributed by atoms with Crippen LogP contribution >= 0.6 is 11.8 Å². The number of amides is 1. The van der Waals surface area contributed by atoms with E-state index in [1.807, 2.05) is 30.8 Å². The van der Waals surface area contributed by atoms with Crippen LogP contribution in [0.2, 0.25) is 0 Å². The monoisotopic (exact) mass is 434 g/mol. The molecule has 29 heavy (non-hydrogen) atoms. The Morgan fingerprint density at radius 3 is 2.24 bits per heavy atom. The van der Waals surface area contributed by atoms with Crippen LogP contribution < -0.4 is 9.62 Å². The summed E-state index contributed by atoms with van der Waals surface area (Å²) in [5.41, 5.74) is 4.18. The maximum Gasteiger partial charge on any atom is 0.240 e. The highest BCUT2D eigenvalue weighted by molar-refractivity contribution is 7.98. The number of carbonyl (C=O) groups is 1. The number of hydrogen-bond donors (Lipinski definition) is 1. The van der Waals surface area contributed by atoms with E-state index in [-0.39, 0.29) is 12.5 Å². The van der Waals surface area contributed by atoms with Crippen LogP contribution in [0.4, 0.5) is 5.69 Å². The highest BCUT2D eigenvalue weighted by atomic mass is 32.2. The van der Waals surface area contributed by atoms with Gasteiger partial charge in [-0.1, -0.05) is 48.9 Å². The van der Waals surface area contributed by atoms with Gasteiger partial charge in [0.05, 0.1) is 11.9 Å². The van der Waals surface area contributed by atoms with Crippen LogP contribution in [0, 0.1) is 6.92 Å². The molecule has 0 aliphatic rings. The molecule has 5 nitrogen and oxygen atoms in total. The summed E-state index contributed by atoms with van der Waals surface area (Å²) in [6.45, 7) is 4.44. The lowest BCUT2D eigenvalue weighted by atomic mass is 10.1. The number of anilines is 1. The van der Waals surface area contributed by atoms with Gasteiger partial charge in [-0.05, 0) is 48.8 Å². The molecule has 0 heterocycles. The second-order valence-corrected chi connectivity index (χ2v) is 10.0. The number of sulfonamides is 1. The number of nitrogens with zero attached hydrogens (tertiary/aromatic N) is 1. The Hall–Kier alpha value is -1.99. The first-order chi connectivity index (χ1) is 13.8. The van der Waals surface area contributed by atoms with Crippen molar-refractivity contribution in [2.24, 2.45) is 0 Å². The Morgan fingerprint density at radius 2 is 1.66 bits per heavy atom. The predicted molar refractivity (Wildman–Crippen MR) is 123 cm³/mol. The second kappa shape index (κ2) is 11.3. The molecule has 0 atom stereocenters. The molecule has 0 bridgehead atoms. The van der Waals surface area contributed by atoms with Crippen LogP contribution in [0.1, 0.15) is 30.0 Å². The zero-order valence-corrected chi connectivity index (χ0v) is 19.0. The fourth-order valence-corrected chi connectivity index (χ4v) is 4.54. The average Bonchev–Trinajstić information content (AvgIpc) is 2.69. The van der Waals surface area contributed by atoms with Gasteiger partial charge in [0.25, 0.3) is 0 Å². The Kier molecular flexibility index (Phi) is 9.04. The van der Waals surface area contributed by atoms with Crippen molar-refractivity contribution in [1.29, 1.82) is 0 Å². The predicted octanol–water partition coefficient (Wildman–Crippen LogP) is 3.76. The summed E-state index contributed by atoms with van der Waals surface area (Å²) < 4.78 is 25.4. The van der Waals surface area contributed by atoms with E-state index >= 15 is 0 Å². The van der Waals surface area contributed by atoms with Gasteiger partial charge in [0.15, 0.2) is 0 Å². The van der Waals surface area contributed by atoms with Crippen molar-refractivity contribution in [3.05, 3.63) is 65.2 Å². The minimum absolute atomic E-state index is 0.208. The third-order valence-corrected chi connectivity index (χ3v) is 6.75. The van der Waals surface area contributed by atoms with Crippen LogP contribution in [-0.4, -0.2) is 39.4 Å². The number of aryl methyl sites for hydroxylation is 2. The van der Waals surface area contributed by atoms with Crippen LogP contribution in [0.15, 0.2) is 48.5 Å². The molecule has 0 spiro atoms. The van der Waals surface area contributed by atoms with E-state index in [1.54, 1.807) is 12.1 Å². The zero-order chi connectivity index (χ0) is 21.3. The van der Waals surface area contributed by atoms with Crippen LogP contribution in [0.3, 0.4) is 0 Å². The molecule has 0 unspecified atom stereocenters. The number of rotatable bonds is 11. The largest absolute Gasteiger partial charge is 0.354 e. The van der Waals surface area contributed by atoms with Crippen molar-refractivity contribution < 1.29 is 13.2 Å². The average molecular weight is 435 g/mol. The van der Waals surface area contributed by atoms with E-state index in [0.717, 1.165) is 40.5 Å². The van der Waals surface area contributed by atoms with Crippen molar-refractivity contribution in [2.75, 3.05) is 29.4 Å². The fourth-order valence-electron chi connectivity index (χ4n) is 2.76. The van der Waals surface area contributed by atoms with Gasteiger partial charge in [0.2, 0.25) is 15.9 Å². The number of benzene rings is 2. The second-order valence-electron chi connectivity index (χ2n) is 7.03. The molecule has 0 radical (unpaired) electrons. The molecular weight excluding hydrogens is 404 g/mol. The van der Waals surface area contributed by atoms with Gasteiger partial charge in [0.1, 0.15) is 6.54 Å². The van der Waals surface area contributed by atoms with E-state index in [2.05, 4.69) is 36.5 Å². The quantitative estimate of drug-likeness (QED) is 0.547. The Bertz CT molecular complexity index is 879. The molecule has 2 rings (SSSR count). The summed E-state index contributed by atoms with van der Waals surface area (Å²) in [6.07, 6.45) is 2.84. The Balaban J connectivity index is 1.75.